The Morgan fingerprint density at radius 2 is 1.78 bits per heavy atom. The van der Waals surface area contributed by atoms with Crippen molar-refractivity contribution in [3.63, 3.8) is 0 Å². The molecule has 0 saturated heterocycles. The monoisotopic (exact) mass is 367 g/mol. The largest absolute Gasteiger partial charge is 0.493 e. The first-order valence-corrected chi connectivity index (χ1v) is 9.84. The molecule has 2 aromatic rings. The summed E-state index contributed by atoms with van der Waals surface area (Å²) < 4.78 is 11.3. The number of para-hydroxylation sites is 2. The van der Waals surface area contributed by atoms with Crippen LogP contribution >= 0.6 is 0 Å². The van der Waals surface area contributed by atoms with E-state index in [0.717, 1.165) is 12.0 Å². The molecular formula is C23H29NO3. The van der Waals surface area contributed by atoms with E-state index in [1.807, 2.05) is 38.1 Å². The number of fused-ring (bicyclic) bond motifs is 1. The standard InChI is InChI=1S/C23H29NO3/c1-4-20(27-22-12-8-7-11-21(22)26-3)23(25)24-16(2)18-14-13-17-9-5-6-10-19(17)15-18/h7-8,11-16,20H,4-6,9-10H2,1-3H3,(H,24,25)/t16-,20-/m1/s1. The van der Waals surface area contributed by atoms with Crippen LogP contribution in [0.3, 0.4) is 0 Å². The third kappa shape index (κ3) is 4.62. The summed E-state index contributed by atoms with van der Waals surface area (Å²) in [6.07, 6.45) is 4.86. The maximum atomic E-state index is 12.8. The molecule has 2 atom stereocenters. The first kappa shape index (κ1) is 19.3. The number of ether oxygens (including phenoxy) is 2. The Bertz CT molecular complexity index is 787. The van der Waals surface area contributed by atoms with Crippen LogP contribution in [-0.2, 0) is 17.6 Å². The average Bonchev–Trinajstić information content (AvgIpc) is 2.71. The number of nitrogens with one attached hydrogen (secondary N) is 1. The van der Waals surface area contributed by atoms with E-state index in [-0.39, 0.29) is 11.9 Å². The molecule has 0 bridgehead atoms. The lowest BCUT2D eigenvalue weighted by Crippen LogP contribution is -2.39. The van der Waals surface area contributed by atoms with Crippen molar-refractivity contribution in [3.8, 4) is 11.5 Å². The second kappa shape index (κ2) is 8.94. The number of amides is 1. The van der Waals surface area contributed by atoms with Gasteiger partial charge in [0.1, 0.15) is 0 Å². The van der Waals surface area contributed by atoms with Crippen LogP contribution in [-0.4, -0.2) is 19.1 Å². The first-order chi connectivity index (χ1) is 13.1. The molecule has 4 heteroatoms. The molecule has 1 aliphatic rings. The predicted octanol–water partition coefficient (Wildman–Crippen LogP) is 4.61. The van der Waals surface area contributed by atoms with Crippen molar-refractivity contribution in [1.29, 1.82) is 0 Å². The van der Waals surface area contributed by atoms with Gasteiger partial charge in [0, 0.05) is 0 Å². The van der Waals surface area contributed by atoms with Crippen LogP contribution in [0.1, 0.15) is 55.8 Å². The quantitative estimate of drug-likeness (QED) is 0.777. The molecule has 2 aromatic carbocycles. The number of hydrogen-bond donors (Lipinski definition) is 1. The van der Waals surface area contributed by atoms with Gasteiger partial charge in [0.15, 0.2) is 17.6 Å². The fraction of sp³-hybridized carbons (Fsp3) is 0.435. The number of rotatable bonds is 7. The summed E-state index contributed by atoms with van der Waals surface area (Å²) >= 11 is 0. The van der Waals surface area contributed by atoms with Gasteiger partial charge < -0.3 is 14.8 Å². The zero-order valence-electron chi connectivity index (χ0n) is 16.5. The summed E-state index contributed by atoms with van der Waals surface area (Å²) in [5.41, 5.74) is 4.03. The molecule has 0 unspecified atom stereocenters. The van der Waals surface area contributed by atoms with E-state index in [1.54, 1.807) is 7.11 Å². The molecule has 0 fully saturated rings. The topological polar surface area (TPSA) is 47.6 Å². The van der Waals surface area contributed by atoms with Crippen molar-refractivity contribution in [2.45, 2.75) is 58.1 Å². The predicted molar refractivity (Wildman–Crippen MR) is 107 cm³/mol. The molecule has 1 aliphatic carbocycles. The van der Waals surface area contributed by atoms with E-state index in [0.29, 0.717) is 17.9 Å². The number of aryl methyl sites for hydroxylation is 2. The minimum absolute atomic E-state index is 0.0555. The molecule has 27 heavy (non-hydrogen) atoms. The number of benzene rings is 2. The fourth-order valence-corrected chi connectivity index (χ4v) is 3.60. The maximum Gasteiger partial charge on any atom is 0.261 e. The van der Waals surface area contributed by atoms with Gasteiger partial charge in [-0.1, -0.05) is 37.3 Å². The molecule has 3 rings (SSSR count). The lowest BCUT2D eigenvalue weighted by Gasteiger charge is -2.23. The third-order valence-electron chi connectivity index (χ3n) is 5.23. The van der Waals surface area contributed by atoms with Gasteiger partial charge in [-0.25, -0.2) is 0 Å². The molecule has 0 radical (unpaired) electrons. The highest BCUT2D eigenvalue weighted by atomic mass is 16.5. The SMILES string of the molecule is CC[C@@H](Oc1ccccc1OC)C(=O)N[C@H](C)c1ccc2c(c1)CCCC2. The van der Waals surface area contributed by atoms with E-state index in [2.05, 4.69) is 23.5 Å². The van der Waals surface area contributed by atoms with Crippen molar-refractivity contribution in [2.24, 2.45) is 0 Å². The van der Waals surface area contributed by atoms with Crippen LogP contribution < -0.4 is 14.8 Å². The molecule has 144 valence electrons. The van der Waals surface area contributed by atoms with Gasteiger partial charge in [0.05, 0.1) is 13.2 Å². The Morgan fingerprint density at radius 1 is 1.07 bits per heavy atom. The van der Waals surface area contributed by atoms with Crippen LogP contribution in [0.25, 0.3) is 0 Å². The molecule has 0 heterocycles. The summed E-state index contributed by atoms with van der Waals surface area (Å²) in [7, 11) is 1.60. The number of carbonyl (C=O) groups excluding carboxylic acids is 1. The summed E-state index contributed by atoms with van der Waals surface area (Å²) in [5, 5.41) is 3.11. The molecule has 0 spiro atoms. The van der Waals surface area contributed by atoms with E-state index in [4.69, 9.17) is 9.47 Å². The molecular weight excluding hydrogens is 338 g/mol. The smallest absolute Gasteiger partial charge is 0.261 e. The average molecular weight is 367 g/mol. The second-order valence-corrected chi connectivity index (χ2v) is 7.13. The number of methoxy groups -OCH3 is 1. The zero-order chi connectivity index (χ0) is 19.2. The minimum Gasteiger partial charge on any atom is -0.493 e. The first-order valence-electron chi connectivity index (χ1n) is 9.84. The van der Waals surface area contributed by atoms with Gasteiger partial charge in [-0.2, -0.15) is 0 Å². The summed E-state index contributed by atoms with van der Waals surface area (Å²) in [5.74, 6) is 1.11. The molecule has 1 N–H and O–H groups in total. The van der Waals surface area contributed by atoms with Gasteiger partial charge in [-0.05, 0) is 67.9 Å². The molecule has 4 nitrogen and oxygen atoms in total. The van der Waals surface area contributed by atoms with Crippen LogP contribution in [0.4, 0.5) is 0 Å². The minimum atomic E-state index is -0.554. The Kier molecular flexibility index (Phi) is 6.38. The summed E-state index contributed by atoms with van der Waals surface area (Å²) in [6, 6.07) is 14.0. The Labute approximate surface area is 161 Å². The van der Waals surface area contributed by atoms with E-state index >= 15 is 0 Å². The highest BCUT2D eigenvalue weighted by Crippen LogP contribution is 2.28. The van der Waals surface area contributed by atoms with Crippen LogP contribution in [0.15, 0.2) is 42.5 Å². The molecule has 0 aromatic heterocycles. The third-order valence-corrected chi connectivity index (χ3v) is 5.23. The molecule has 0 saturated carbocycles. The van der Waals surface area contributed by atoms with Gasteiger partial charge >= 0.3 is 0 Å². The highest BCUT2D eigenvalue weighted by Gasteiger charge is 2.22. The normalized spacial score (nSPS) is 15.4. The second-order valence-electron chi connectivity index (χ2n) is 7.13. The van der Waals surface area contributed by atoms with Crippen LogP contribution in [0, 0.1) is 0 Å². The highest BCUT2D eigenvalue weighted by molar-refractivity contribution is 5.81. The lowest BCUT2D eigenvalue weighted by atomic mass is 9.89. The van der Waals surface area contributed by atoms with Gasteiger partial charge in [-0.15, -0.1) is 0 Å². The van der Waals surface area contributed by atoms with E-state index in [9.17, 15) is 4.79 Å². The molecule has 1 amide bonds. The maximum absolute atomic E-state index is 12.8. The number of carbonyl (C=O) groups is 1. The van der Waals surface area contributed by atoms with Gasteiger partial charge in [0.2, 0.25) is 0 Å². The lowest BCUT2D eigenvalue weighted by molar-refractivity contribution is -0.128. The van der Waals surface area contributed by atoms with E-state index < -0.39 is 6.10 Å². The fourth-order valence-electron chi connectivity index (χ4n) is 3.60. The van der Waals surface area contributed by atoms with Crippen molar-refractivity contribution in [1.82, 2.24) is 5.32 Å². The Balaban J connectivity index is 1.67. The van der Waals surface area contributed by atoms with Crippen molar-refractivity contribution in [3.05, 3.63) is 59.2 Å². The van der Waals surface area contributed by atoms with Gasteiger partial charge in [-0.3, -0.25) is 4.79 Å². The van der Waals surface area contributed by atoms with Gasteiger partial charge in [0.25, 0.3) is 5.91 Å². The van der Waals surface area contributed by atoms with Crippen LogP contribution in [0.5, 0.6) is 11.5 Å². The summed E-state index contributed by atoms with van der Waals surface area (Å²) in [4.78, 5) is 12.8. The Hall–Kier alpha value is -2.49. The van der Waals surface area contributed by atoms with Crippen LogP contribution in [0.2, 0.25) is 0 Å². The van der Waals surface area contributed by atoms with Crippen molar-refractivity contribution in [2.75, 3.05) is 7.11 Å². The van der Waals surface area contributed by atoms with Crippen molar-refractivity contribution < 1.29 is 14.3 Å². The number of hydrogen-bond acceptors (Lipinski definition) is 3. The zero-order valence-corrected chi connectivity index (χ0v) is 16.5. The Morgan fingerprint density at radius 3 is 2.48 bits per heavy atom. The van der Waals surface area contributed by atoms with E-state index in [1.165, 1.54) is 30.4 Å². The van der Waals surface area contributed by atoms with Crippen molar-refractivity contribution >= 4 is 5.91 Å². The summed E-state index contributed by atoms with van der Waals surface area (Å²) in [6.45, 7) is 3.97. The molecule has 0 aliphatic heterocycles.